The minimum absolute atomic E-state index is 0.0502. The molecule has 0 aromatic carbocycles. The maximum atomic E-state index is 11.1. The fraction of sp³-hybridized carbons (Fsp3) is 0.824. The molecule has 1 fully saturated rings. The number of nitrogens with zero attached hydrogens (tertiary/aromatic N) is 3. The van der Waals surface area contributed by atoms with Crippen LogP contribution < -0.4 is 5.32 Å². The molecule has 0 aliphatic carbocycles. The zero-order valence-electron chi connectivity index (χ0n) is 17.8. The summed E-state index contributed by atoms with van der Waals surface area (Å²) in [5.41, 5.74) is 0.631. The number of hydrogen-bond acceptors (Lipinski definition) is 9. The number of carbonyl (C=O) groups is 1. The van der Waals surface area contributed by atoms with Gasteiger partial charge in [-0.1, -0.05) is 13.7 Å². The number of ether oxygens (including phenoxy) is 3. The van der Waals surface area contributed by atoms with Crippen molar-refractivity contribution in [3.63, 3.8) is 0 Å². The molecule has 1 aliphatic rings. The summed E-state index contributed by atoms with van der Waals surface area (Å²) in [6.07, 6.45) is -4.13. The van der Waals surface area contributed by atoms with E-state index in [4.69, 9.17) is 14.2 Å². The number of nitrogens with one attached hydrogen (secondary N) is 1. The van der Waals surface area contributed by atoms with E-state index in [1.165, 1.54) is 0 Å². The van der Waals surface area contributed by atoms with Crippen LogP contribution in [0.3, 0.4) is 0 Å². The first-order valence-electron chi connectivity index (χ1n) is 10.2. The molecular formula is C17H32N4O9P2. The quantitative estimate of drug-likeness (QED) is 0.131. The molecular weight excluding hydrogens is 466 g/mol. The Kier molecular flexibility index (Phi) is 11.1. The first kappa shape index (κ1) is 27.3. The van der Waals surface area contributed by atoms with Gasteiger partial charge in [0.25, 0.3) is 0 Å². The number of amides is 1. The molecule has 32 heavy (non-hydrogen) atoms. The summed E-state index contributed by atoms with van der Waals surface area (Å²) in [7, 11) is 1.14. The van der Waals surface area contributed by atoms with Crippen LogP contribution >= 0.6 is 15.5 Å². The summed E-state index contributed by atoms with van der Waals surface area (Å²) in [5.74, 6) is -0.0899. The SMILES string of the molecule is CNC(=O)CCOCCn1cc(CCO[C@H]2O[C@H](CCP(O)(O)=P)[C@@H](O)[C@H](O)[C@@H]2O)nn1. The molecule has 2 heterocycles. The first-order valence-corrected chi connectivity index (χ1v) is 13.4. The number of rotatable bonds is 13. The zero-order chi connectivity index (χ0) is 23.7. The highest BCUT2D eigenvalue weighted by atomic mass is 31.8. The lowest BCUT2D eigenvalue weighted by Crippen LogP contribution is -2.58. The summed E-state index contributed by atoms with van der Waals surface area (Å²) >= 11 is 0. The van der Waals surface area contributed by atoms with Crippen molar-refractivity contribution in [1.29, 1.82) is 0 Å². The molecule has 184 valence electrons. The van der Waals surface area contributed by atoms with Crippen molar-refractivity contribution in [1.82, 2.24) is 20.3 Å². The highest BCUT2D eigenvalue weighted by Gasteiger charge is 2.44. The molecule has 1 aromatic heterocycles. The van der Waals surface area contributed by atoms with E-state index in [9.17, 15) is 29.9 Å². The Bertz CT molecular complexity index is 762. The van der Waals surface area contributed by atoms with E-state index in [0.29, 0.717) is 31.9 Å². The van der Waals surface area contributed by atoms with Gasteiger partial charge in [-0.3, -0.25) is 4.79 Å². The third kappa shape index (κ3) is 9.11. The van der Waals surface area contributed by atoms with E-state index < -0.39 is 37.7 Å². The molecule has 5 atom stereocenters. The fourth-order valence-corrected chi connectivity index (χ4v) is 3.99. The van der Waals surface area contributed by atoms with Gasteiger partial charge >= 0.3 is 0 Å². The lowest BCUT2D eigenvalue weighted by Gasteiger charge is -2.40. The molecule has 6 N–H and O–H groups in total. The number of carbonyl (C=O) groups excluding carboxylic acids is 1. The molecule has 1 amide bonds. The van der Waals surface area contributed by atoms with Gasteiger partial charge in [-0.15, -0.1) is 5.10 Å². The molecule has 0 unspecified atom stereocenters. The van der Waals surface area contributed by atoms with Crippen LogP contribution in [0, 0.1) is 0 Å². The second-order valence-corrected chi connectivity index (χ2v) is 11.4. The van der Waals surface area contributed by atoms with E-state index in [-0.39, 0.29) is 31.5 Å². The molecule has 13 nitrogen and oxygen atoms in total. The topological polar surface area (TPSA) is 189 Å². The highest BCUT2D eigenvalue weighted by Crippen LogP contribution is 2.43. The summed E-state index contributed by atoms with van der Waals surface area (Å²) in [5, 5.41) is 40.7. The number of aliphatic hydroxyl groups excluding tert-OH is 3. The van der Waals surface area contributed by atoms with Crippen molar-refractivity contribution in [3.8, 4) is 0 Å². The largest absolute Gasteiger partial charge is 0.388 e. The standard InChI is InChI=1S/C17H32N4O9P2/c1-18-13(22)3-6-28-8-5-21-10-11(19-20-21)2-7-29-17-16(25)15(24)14(23)12(30-17)4-9-32(26,27)31/h10,12,14-17,23-27,31H,2-9H2,1H3,(H,18,22)/t12-,14-,15+,16+,17+/m1/s1. The molecule has 1 aromatic rings. The maximum Gasteiger partial charge on any atom is 0.222 e. The Morgan fingerprint density at radius 3 is 2.69 bits per heavy atom. The van der Waals surface area contributed by atoms with Crippen molar-refractivity contribution in [2.24, 2.45) is 0 Å². The smallest absolute Gasteiger partial charge is 0.222 e. The second-order valence-electron chi connectivity index (χ2n) is 7.39. The maximum absolute atomic E-state index is 11.1. The van der Waals surface area contributed by atoms with Gasteiger partial charge in [-0.2, -0.15) is 0 Å². The molecule has 0 bridgehead atoms. The molecule has 0 spiro atoms. The Hall–Kier alpha value is -0.980. The monoisotopic (exact) mass is 498 g/mol. The average molecular weight is 498 g/mol. The van der Waals surface area contributed by atoms with Gasteiger partial charge in [0.15, 0.2) is 6.29 Å². The zero-order valence-corrected chi connectivity index (χ0v) is 19.7. The van der Waals surface area contributed by atoms with Crippen molar-refractivity contribution >= 4 is 21.4 Å². The Morgan fingerprint density at radius 2 is 2.00 bits per heavy atom. The Morgan fingerprint density at radius 1 is 1.25 bits per heavy atom. The van der Waals surface area contributed by atoms with Crippen LogP contribution in [0.4, 0.5) is 0 Å². The third-order valence-corrected chi connectivity index (χ3v) is 6.39. The summed E-state index contributed by atoms with van der Waals surface area (Å²) < 4.78 is 18.0. The first-order chi connectivity index (χ1) is 15.1. The fourth-order valence-electron chi connectivity index (χ4n) is 2.99. The van der Waals surface area contributed by atoms with Gasteiger partial charge in [0, 0.05) is 32.2 Å². The number of hydrogen-bond donors (Lipinski definition) is 6. The van der Waals surface area contributed by atoms with Crippen LogP contribution in [0.2, 0.25) is 0 Å². The van der Waals surface area contributed by atoms with Crippen LogP contribution in [0.25, 0.3) is 0 Å². The molecule has 0 saturated carbocycles. The predicted octanol–water partition coefficient (Wildman–Crippen LogP) is -1.92. The van der Waals surface area contributed by atoms with Gasteiger partial charge in [0.2, 0.25) is 5.91 Å². The number of aliphatic hydroxyl groups is 3. The van der Waals surface area contributed by atoms with Crippen LogP contribution in [0.5, 0.6) is 0 Å². The van der Waals surface area contributed by atoms with Crippen LogP contribution in [0.1, 0.15) is 18.5 Å². The van der Waals surface area contributed by atoms with Crippen molar-refractivity contribution in [2.75, 3.05) is 33.0 Å². The van der Waals surface area contributed by atoms with E-state index in [0.717, 1.165) is 0 Å². The third-order valence-electron chi connectivity index (χ3n) is 4.84. The summed E-state index contributed by atoms with van der Waals surface area (Å²) in [4.78, 5) is 30.0. The number of aromatic nitrogens is 3. The van der Waals surface area contributed by atoms with Crippen molar-refractivity contribution in [2.45, 2.75) is 56.5 Å². The van der Waals surface area contributed by atoms with Gasteiger partial charge in [0.05, 0.1) is 38.2 Å². The van der Waals surface area contributed by atoms with E-state index in [1.54, 1.807) is 17.9 Å². The molecule has 1 aliphatic heterocycles. The Balaban J connectivity index is 1.73. The van der Waals surface area contributed by atoms with Crippen molar-refractivity contribution in [3.05, 3.63) is 11.9 Å². The Labute approximate surface area is 187 Å². The van der Waals surface area contributed by atoms with Crippen LogP contribution in [0.15, 0.2) is 6.20 Å². The lowest BCUT2D eigenvalue weighted by atomic mass is 9.97. The lowest BCUT2D eigenvalue weighted by molar-refractivity contribution is -0.296. The summed E-state index contributed by atoms with van der Waals surface area (Å²) in [6.45, 7) is 1.26. The van der Waals surface area contributed by atoms with E-state index >= 15 is 0 Å². The molecule has 1 saturated heterocycles. The average Bonchev–Trinajstić information content (AvgIpc) is 3.19. The predicted molar refractivity (Wildman–Crippen MR) is 115 cm³/mol. The van der Waals surface area contributed by atoms with Crippen LogP contribution in [-0.2, 0) is 32.0 Å². The van der Waals surface area contributed by atoms with Gasteiger partial charge < -0.3 is 44.6 Å². The summed E-state index contributed by atoms with van der Waals surface area (Å²) in [6, 6.07) is 0. The van der Waals surface area contributed by atoms with Crippen molar-refractivity contribution < 1.29 is 44.1 Å². The van der Waals surface area contributed by atoms with E-state index in [1.807, 2.05) is 0 Å². The minimum atomic E-state index is -3.26. The van der Waals surface area contributed by atoms with Gasteiger partial charge in [0.1, 0.15) is 25.3 Å². The molecule has 15 heteroatoms. The normalized spacial score (nSPS) is 26.2. The van der Waals surface area contributed by atoms with Gasteiger partial charge in [-0.25, -0.2) is 4.68 Å². The van der Waals surface area contributed by atoms with Crippen LogP contribution in [-0.4, -0.2) is 110 Å². The highest BCUT2D eigenvalue weighted by molar-refractivity contribution is 7.91. The molecule has 0 radical (unpaired) electrons. The minimum Gasteiger partial charge on any atom is -0.388 e. The second kappa shape index (κ2) is 13.0. The molecule has 2 rings (SSSR count). The van der Waals surface area contributed by atoms with Gasteiger partial charge in [-0.05, 0) is 6.42 Å². The van der Waals surface area contributed by atoms with E-state index in [2.05, 4.69) is 24.2 Å².